The summed E-state index contributed by atoms with van der Waals surface area (Å²) in [6, 6.07) is 13.3. The molecule has 238 valence electrons. The molecule has 1 unspecified atom stereocenters. The number of nitrogens with zero attached hydrogens (tertiary/aromatic N) is 2. The molecule has 45 heavy (non-hydrogen) atoms. The van der Waals surface area contributed by atoms with Gasteiger partial charge in [-0.3, -0.25) is 14.5 Å². The molecular weight excluding hydrogens is 603 g/mol. The van der Waals surface area contributed by atoms with Gasteiger partial charge in [-0.25, -0.2) is 9.18 Å². The molecule has 0 bridgehead atoms. The van der Waals surface area contributed by atoms with Crippen LogP contribution in [0.25, 0.3) is 22.3 Å². The molecule has 2 saturated heterocycles. The van der Waals surface area contributed by atoms with Gasteiger partial charge in [0.05, 0.1) is 24.8 Å². The van der Waals surface area contributed by atoms with Crippen molar-refractivity contribution in [3.05, 3.63) is 70.5 Å². The monoisotopic (exact) mass is 638 g/mol. The number of carbonyl (C=O) groups is 3. The van der Waals surface area contributed by atoms with E-state index in [1.807, 2.05) is 25.1 Å². The highest BCUT2D eigenvalue weighted by Crippen LogP contribution is 2.41. The van der Waals surface area contributed by atoms with Gasteiger partial charge in [-0.1, -0.05) is 41.9 Å². The van der Waals surface area contributed by atoms with Crippen molar-refractivity contribution < 1.29 is 33.4 Å². The number of aliphatic hydroxyl groups is 1. The Morgan fingerprint density at radius 2 is 1.84 bits per heavy atom. The van der Waals surface area contributed by atoms with E-state index in [2.05, 4.69) is 10.6 Å². The molecule has 12 heteroatoms. The van der Waals surface area contributed by atoms with Gasteiger partial charge in [0.25, 0.3) is 0 Å². The molecule has 2 aliphatic rings. The topological polar surface area (TPSA) is 120 Å². The lowest BCUT2D eigenvalue weighted by atomic mass is 9.94. The third-order valence-corrected chi connectivity index (χ3v) is 8.86. The average Bonchev–Trinajstić information content (AvgIpc) is 3.02. The van der Waals surface area contributed by atoms with Crippen LogP contribution < -0.4 is 15.4 Å². The van der Waals surface area contributed by atoms with Crippen LogP contribution in [0.3, 0.4) is 0 Å². The summed E-state index contributed by atoms with van der Waals surface area (Å²) in [5, 5.41) is 16.6. The number of halogens is 2. The van der Waals surface area contributed by atoms with Crippen molar-refractivity contribution in [1.29, 1.82) is 0 Å². The van der Waals surface area contributed by atoms with E-state index in [1.165, 1.54) is 32.2 Å². The summed E-state index contributed by atoms with van der Waals surface area (Å²) >= 11 is 6.97. The molecule has 4 amide bonds. The van der Waals surface area contributed by atoms with E-state index in [9.17, 15) is 19.5 Å². The summed E-state index contributed by atoms with van der Waals surface area (Å²) in [7, 11) is 4.37. The van der Waals surface area contributed by atoms with Crippen molar-refractivity contribution in [3.8, 4) is 28.0 Å². The summed E-state index contributed by atoms with van der Waals surface area (Å²) in [6.45, 7) is 2.73. The summed E-state index contributed by atoms with van der Waals surface area (Å²) < 4.78 is 26.4. The summed E-state index contributed by atoms with van der Waals surface area (Å²) in [4.78, 5) is 40.2. The number of amides is 4. The molecule has 2 aliphatic heterocycles. The zero-order chi connectivity index (χ0) is 32.4. The minimum Gasteiger partial charge on any atom is -0.496 e. The van der Waals surface area contributed by atoms with Crippen LogP contribution in [-0.2, 0) is 20.9 Å². The number of benzene rings is 3. The number of ether oxygens (including phenoxy) is 2. The van der Waals surface area contributed by atoms with Gasteiger partial charge in [0, 0.05) is 62.2 Å². The molecular formula is C33H36ClFN4O6. The molecule has 5 rings (SSSR count). The molecule has 0 aliphatic carbocycles. The van der Waals surface area contributed by atoms with Crippen molar-refractivity contribution in [2.45, 2.75) is 32.0 Å². The Kier molecular flexibility index (Phi) is 9.73. The standard InChI is InChI=1S/C33H36ClFN4O6/c1-18-20(7-6-10-26(18)37-31(41)24-16-38(2)33(43)39(3)32(24)42)22-9-5-8-21(30(22)34)19-13-25(35)23(29(14-19)44-4)15-36-27-11-12-45-17-28(27)40/h5-10,13-14,24,27-28,36,40H,11-12,15-17H2,1-4H3,(H,37,41)/t24?,27-,28-/m1/s1. The number of aliphatic hydroxyl groups excluding tert-OH is 1. The molecule has 3 atom stereocenters. The molecule has 2 fully saturated rings. The third-order valence-electron chi connectivity index (χ3n) is 8.45. The van der Waals surface area contributed by atoms with Gasteiger partial charge in [-0.15, -0.1) is 0 Å². The van der Waals surface area contributed by atoms with E-state index in [0.29, 0.717) is 57.3 Å². The smallest absolute Gasteiger partial charge is 0.326 e. The molecule has 0 radical (unpaired) electrons. The minimum absolute atomic E-state index is 0.0210. The zero-order valence-electron chi connectivity index (χ0n) is 25.5. The number of hydrogen-bond acceptors (Lipinski definition) is 7. The Hall–Kier alpha value is -4.03. The fourth-order valence-corrected chi connectivity index (χ4v) is 6.11. The Balaban J connectivity index is 1.41. The quantitative estimate of drug-likeness (QED) is 0.312. The predicted octanol–water partition coefficient (Wildman–Crippen LogP) is 4.45. The van der Waals surface area contributed by atoms with Crippen molar-refractivity contribution >= 4 is 35.1 Å². The van der Waals surface area contributed by atoms with Gasteiger partial charge in [-0.2, -0.15) is 0 Å². The summed E-state index contributed by atoms with van der Waals surface area (Å²) in [5.41, 5.74) is 4.06. The first-order valence-electron chi connectivity index (χ1n) is 14.6. The number of carbonyl (C=O) groups excluding carboxylic acids is 3. The summed E-state index contributed by atoms with van der Waals surface area (Å²) in [6.07, 6.45) is -0.0580. The highest BCUT2D eigenvalue weighted by molar-refractivity contribution is 6.36. The Labute approximate surface area is 266 Å². The number of urea groups is 1. The molecule has 3 N–H and O–H groups in total. The van der Waals surface area contributed by atoms with Gasteiger partial charge in [0.2, 0.25) is 11.8 Å². The minimum atomic E-state index is -1.04. The van der Waals surface area contributed by atoms with Crippen LogP contribution in [0.5, 0.6) is 5.75 Å². The number of methoxy groups -OCH3 is 1. The lowest BCUT2D eigenvalue weighted by Gasteiger charge is -2.33. The normalized spacial score (nSPS) is 20.4. The van der Waals surface area contributed by atoms with Gasteiger partial charge < -0.3 is 30.1 Å². The van der Waals surface area contributed by atoms with E-state index in [4.69, 9.17) is 21.1 Å². The lowest BCUT2D eigenvalue weighted by molar-refractivity contribution is -0.140. The van der Waals surface area contributed by atoms with Crippen LogP contribution in [0.4, 0.5) is 14.9 Å². The van der Waals surface area contributed by atoms with Crippen LogP contribution in [-0.4, -0.2) is 85.9 Å². The molecule has 10 nitrogen and oxygen atoms in total. The van der Waals surface area contributed by atoms with Crippen LogP contribution in [0.1, 0.15) is 17.5 Å². The molecule has 0 saturated carbocycles. The van der Waals surface area contributed by atoms with Crippen molar-refractivity contribution in [1.82, 2.24) is 15.1 Å². The number of hydrogen-bond donors (Lipinski definition) is 3. The SMILES string of the molecule is COc1cc(-c2cccc(-c3cccc(NC(=O)C4CN(C)C(=O)N(C)C4=O)c3C)c2Cl)cc(F)c1CN[C@@H]1CCOC[C@H]1O. The Morgan fingerprint density at radius 3 is 2.58 bits per heavy atom. The second-order valence-corrected chi connectivity index (χ2v) is 11.7. The Bertz CT molecular complexity index is 1630. The van der Waals surface area contributed by atoms with E-state index in [-0.39, 0.29) is 25.7 Å². The first-order valence-corrected chi connectivity index (χ1v) is 15.0. The fraction of sp³-hybridized carbons (Fsp3) is 0.364. The highest BCUT2D eigenvalue weighted by atomic mass is 35.5. The maximum absolute atomic E-state index is 15.5. The number of imide groups is 1. The Morgan fingerprint density at radius 1 is 1.13 bits per heavy atom. The molecule has 3 aromatic rings. The average molecular weight is 639 g/mol. The second kappa shape index (κ2) is 13.5. The summed E-state index contributed by atoms with van der Waals surface area (Å²) in [5.74, 6) is -2.26. The van der Waals surface area contributed by atoms with Crippen LogP contribution >= 0.6 is 11.6 Å². The lowest BCUT2D eigenvalue weighted by Crippen LogP contribution is -2.56. The van der Waals surface area contributed by atoms with Crippen molar-refractivity contribution in [3.63, 3.8) is 0 Å². The first kappa shape index (κ1) is 32.4. The third kappa shape index (κ3) is 6.53. The maximum atomic E-state index is 15.5. The van der Waals surface area contributed by atoms with Crippen LogP contribution in [0.2, 0.25) is 5.02 Å². The van der Waals surface area contributed by atoms with Crippen molar-refractivity contribution in [2.24, 2.45) is 5.92 Å². The molecule has 3 aromatic carbocycles. The fourth-order valence-electron chi connectivity index (χ4n) is 5.77. The second-order valence-electron chi connectivity index (χ2n) is 11.3. The van der Waals surface area contributed by atoms with E-state index < -0.39 is 35.7 Å². The zero-order valence-corrected chi connectivity index (χ0v) is 26.3. The van der Waals surface area contributed by atoms with E-state index in [1.54, 1.807) is 24.3 Å². The largest absolute Gasteiger partial charge is 0.496 e. The van der Waals surface area contributed by atoms with Gasteiger partial charge in [0.1, 0.15) is 17.5 Å². The molecule has 0 aromatic heterocycles. The molecule has 0 spiro atoms. The van der Waals surface area contributed by atoms with Crippen LogP contribution in [0, 0.1) is 18.7 Å². The first-order chi connectivity index (χ1) is 21.5. The maximum Gasteiger partial charge on any atom is 0.326 e. The van der Waals surface area contributed by atoms with Crippen LogP contribution in [0.15, 0.2) is 48.5 Å². The van der Waals surface area contributed by atoms with E-state index >= 15 is 4.39 Å². The number of anilines is 1. The number of rotatable bonds is 8. The predicted molar refractivity (Wildman–Crippen MR) is 169 cm³/mol. The van der Waals surface area contributed by atoms with Gasteiger partial charge in [0.15, 0.2) is 0 Å². The molecule has 2 heterocycles. The number of nitrogens with one attached hydrogen (secondary N) is 2. The van der Waals surface area contributed by atoms with Gasteiger partial charge >= 0.3 is 6.03 Å². The van der Waals surface area contributed by atoms with Crippen molar-refractivity contribution in [2.75, 3.05) is 46.3 Å². The van der Waals surface area contributed by atoms with Gasteiger partial charge in [-0.05, 0) is 48.2 Å². The van der Waals surface area contributed by atoms with E-state index in [0.717, 1.165) is 10.5 Å². The highest BCUT2D eigenvalue weighted by Gasteiger charge is 2.39.